The van der Waals surface area contributed by atoms with Crippen LogP contribution < -0.4 is 15.8 Å². The van der Waals surface area contributed by atoms with Crippen molar-refractivity contribution in [3.8, 4) is 17.6 Å². The molecule has 2 aromatic carbocycles. The molecule has 3 heteroatoms. The Kier molecular flexibility index (Phi) is 5.62. The maximum absolute atomic E-state index is 5.89. The Bertz CT molecular complexity index is 655. The van der Waals surface area contributed by atoms with Crippen molar-refractivity contribution in [3.63, 3.8) is 0 Å². The summed E-state index contributed by atoms with van der Waals surface area (Å²) in [6, 6.07) is 12.7. The highest BCUT2D eigenvalue weighted by molar-refractivity contribution is 5.84. The van der Waals surface area contributed by atoms with Crippen LogP contribution in [0, 0.1) is 11.8 Å². The fraction of sp³-hybridized carbons (Fsp3) is 0.333. The summed E-state index contributed by atoms with van der Waals surface area (Å²) in [6.45, 7) is 3.28. The predicted octanol–water partition coefficient (Wildman–Crippen LogP) is 2.85. The number of benzene rings is 2. The Hall–Kier alpha value is -2.02. The van der Waals surface area contributed by atoms with Crippen molar-refractivity contribution in [1.82, 2.24) is 5.32 Å². The first-order valence-electron chi connectivity index (χ1n) is 7.19. The van der Waals surface area contributed by atoms with E-state index in [1.54, 1.807) is 7.11 Å². The fourth-order valence-electron chi connectivity index (χ4n) is 2.36. The smallest absolute Gasteiger partial charge is 0.119 e. The van der Waals surface area contributed by atoms with E-state index in [-0.39, 0.29) is 6.04 Å². The van der Waals surface area contributed by atoms with Gasteiger partial charge in [-0.1, -0.05) is 18.2 Å². The van der Waals surface area contributed by atoms with Crippen molar-refractivity contribution < 1.29 is 4.74 Å². The van der Waals surface area contributed by atoms with Gasteiger partial charge in [0.2, 0.25) is 0 Å². The number of hydrogen-bond acceptors (Lipinski definition) is 3. The second-order valence-corrected chi connectivity index (χ2v) is 4.89. The van der Waals surface area contributed by atoms with Crippen molar-refractivity contribution in [2.45, 2.75) is 19.4 Å². The number of nitrogens with two attached hydrogens (primary N) is 1. The van der Waals surface area contributed by atoms with Gasteiger partial charge in [0.05, 0.1) is 7.11 Å². The average molecular weight is 282 g/mol. The molecule has 0 heterocycles. The molecule has 0 saturated carbocycles. The van der Waals surface area contributed by atoms with E-state index in [0.717, 1.165) is 18.7 Å². The van der Waals surface area contributed by atoms with Gasteiger partial charge in [-0.05, 0) is 41.5 Å². The van der Waals surface area contributed by atoms with Crippen LogP contribution >= 0.6 is 0 Å². The summed E-state index contributed by atoms with van der Waals surface area (Å²) >= 11 is 0. The van der Waals surface area contributed by atoms with Gasteiger partial charge in [-0.25, -0.2) is 0 Å². The molecular weight excluding hydrogens is 260 g/mol. The topological polar surface area (TPSA) is 47.3 Å². The molecule has 3 nitrogen and oxygen atoms in total. The van der Waals surface area contributed by atoms with Gasteiger partial charge >= 0.3 is 0 Å². The molecule has 1 atom stereocenters. The maximum Gasteiger partial charge on any atom is 0.119 e. The van der Waals surface area contributed by atoms with E-state index in [9.17, 15) is 0 Å². The number of methoxy groups -OCH3 is 1. The predicted molar refractivity (Wildman–Crippen MR) is 88.4 cm³/mol. The van der Waals surface area contributed by atoms with Crippen molar-refractivity contribution in [1.29, 1.82) is 0 Å². The zero-order chi connectivity index (χ0) is 15.1. The number of rotatable bonds is 6. The number of nitrogens with one attached hydrogen (secondary N) is 1. The molecule has 1 unspecified atom stereocenters. The lowest BCUT2D eigenvalue weighted by atomic mass is 10.0. The van der Waals surface area contributed by atoms with Crippen LogP contribution in [-0.4, -0.2) is 20.2 Å². The molecule has 0 amide bonds. The van der Waals surface area contributed by atoms with Crippen LogP contribution in [0.5, 0.6) is 5.75 Å². The molecule has 0 bridgehead atoms. The minimum Gasteiger partial charge on any atom is -0.497 e. The number of fused-ring (bicyclic) bond motifs is 1. The molecule has 110 valence electrons. The largest absolute Gasteiger partial charge is 0.497 e. The van der Waals surface area contributed by atoms with Crippen LogP contribution in [0.25, 0.3) is 10.8 Å². The Morgan fingerprint density at radius 1 is 1.19 bits per heavy atom. The molecule has 21 heavy (non-hydrogen) atoms. The third kappa shape index (κ3) is 3.98. The molecule has 0 aromatic heterocycles. The van der Waals surface area contributed by atoms with Crippen LogP contribution in [0.4, 0.5) is 0 Å². The molecule has 0 aliphatic carbocycles. The van der Waals surface area contributed by atoms with Gasteiger partial charge in [0.15, 0.2) is 0 Å². The molecule has 2 aromatic rings. The van der Waals surface area contributed by atoms with Crippen LogP contribution in [0.1, 0.15) is 24.9 Å². The van der Waals surface area contributed by atoms with Gasteiger partial charge in [0.1, 0.15) is 5.75 Å². The van der Waals surface area contributed by atoms with Crippen molar-refractivity contribution in [2.24, 2.45) is 5.73 Å². The third-order valence-corrected chi connectivity index (χ3v) is 3.53. The Morgan fingerprint density at radius 2 is 1.95 bits per heavy atom. The molecular formula is C18H22N2O. The van der Waals surface area contributed by atoms with Crippen LogP contribution in [0.15, 0.2) is 36.4 Å². The molecule has 0 aliphatic rings. The first kappa shape index (κ1) is 15.4. The van der Waals surface area contributed by atoms with Gasteiger partial charge in [-0.15, -0.1) is 11.8 Å². The standard InChI is InChI=1S/C18H22N2O/c1-3-4-5-10-20-18(13-19)16-7-6-15-12-17(21-2)9-8-14(15)11-16/h6-9,11-12,18,20H,5,10,13,19H2,1-2H3. The first-order valence-corrected chi connectivity index (χ1v) is 7.19. The van der Waals surface area contributed by atoms with E-state index in [2.05, 4.69) is 41.4 Å². The maximum atomic E-state index is 5.89. The van der Waals surface area contributed by atoms with Gasteiger partial charge in [0.25, 0.3) is 0 Å². The molecule has 0 radical (unpaired) electrons. The minimum absolute atomic E-state index is 0.162. The Morgan fingerprint density at radius 3 is 2.67 bits per heavy atom. The van der Waals surface area contributed by atoms with Gasteiger partial charge in [-0.2, -0.15) is 0 Å². The van der Waals surface area contributed by atoms with E-state index in [1.807, 2.05) is 19.1 Å². The summed E-state index contributed by atoms with van der Waals surface area (Å²) in [7, 11) is 1.68. The quantitative estimate of drug-likeness (QED) is 0.632. The Balaban J connectivity index is 2.17. The number of hydrogen-bond donors (Lipinski definition) is 2. The normalized spacial score (nSPS) is 11.8. The van der Waals surface area contributed by atoms with Crippen molar-refractivity contribution in [3.05, 3.63) is 42.0 Å². The third-order valence-electron chi connectivity index (χ3n) is 3.53. The summed E-state index contributed by atoms with van der Waals surface area (Å²) in [6.07, 6.45) is 0.845. The highest BCUT2D eigenvalue weighted by Crippen LogP contribution is 2.24. The summed E-state index contributed by atoms with van der Waals surface area (Å²) in [5, 5.41) is 5.82. The zero-order valence-electron chi connectivity index (χ0n) is 12.6. The summed E-state index contributed by atoms with van der Waals surface area (Å²) in [5.41, 5.74) is 7.10. The highest BCUT2D eigenvalue weighted by Gasteiger charge is 2.09. The van der Waals surface area contributed by atoms with Crippen molar-refractivity contribution >= 4 is 10.8 Å². The van der Waals surface area contributed by atoms with E-state index >= 15 is 0 Å². The fourth-order valence-corrected chi connectivity index (χ4v) is 2.36. The molecule has 0 fully saturated rings. The van der Waals surface area contributed by atoms with E-state index < -0.39 is 0 Å². The zero-order valence-corrected chi connectivity index (χ0v) is 12.6. The first-order chi connectivity index (χ1) is 10.3. The number of ether oxygens (including phenoxy) is 1. The van der Waals surface area contributed by atoms with Crippen LogP contribution in [-0.2, 0) is 0 Å². The highest BCUT2D eigenvalue weighted by atomic mass is 16.5. The lowest BCUT2D eigenvalue weighted by molar-refractivity contribution is 0.415. The molecule has 0 saturated heterocycles. The SMILES string of the molecule is CC#CCCNC(CN)c1ccc2cc(OC)ccc2c1. The summed E-state index contributed by atoms with van der Waals surface area (Å²) in [4.78, 5) is 0. The van der Waals surface area contributed by atoms with E-state index in [1.165, 1.54) is 16.3 Å². The van der Waals surface area contributed by atoms with Gasteiger partial charge in [0, 0.05) is 25.6 Å². The average Bonchev–Trinajstić information content (AvgIpc) is 2.54. The molecule has 2 rings (SSSR count). The molecule has 0 spiro atoms. The Labute approximate surface area is 126 Å². The summed E-state index contributed by atoms with van der Waals surface area (Å²) in [5.74, 6) is 6.83. The van der Waals surface area contributed by atoms with Crippen molar-refractivity contribution in [2.75, 3.05) is 20.2 Å². The van der Waals surface area contributed by atoms with E-state index in [4.69, 9.17) is 10.5 Å². The second kappa shape index (κ2) is 7.68. The van der Waals surface area contributed by atoms with E-state index in [0.29, 0.717) is 6.54 Å². The lowest BCUT2D eigenvalue weighted by Gasteiger charge is -2.17. The van der Waals surface area contributed by atoms with Gasteiger partial charge in [-0.3, -0.25) is 0 Å². The molecule has 3 N–H and O–H groups in total. The van der Waals surface area contributed by atoms with Gasteiger partial charge < -0.3 is 15.8 Å². The van der Waals surface area contributed by atoms with Crippen LogP contribution in [0.3, 0.4) is 0 Å². The summed E-state index contributed by atoms with van der Waals surface area (Å²) < 4.78 is 5.25. The molecule has 0 aliphatic heterocycles. The second-order valence-electron chi connectivity index (χ2n) is 4.89. The monoisotopic (exact) mass is 282 g/mol. The lowest BCUT2D eigenvalue weighted by Crippen LogP contribution is -2.28. The van der Waals surface area contributed by atoms with Crippen LogP contribution in [0.2, 0.25) is 0 Å². The minimum atomic E-state index is 0.162.